The molecule has 2 N–H and O–H groups in total. The van der Waals surface area contributed by atoms with Gasteiger partial charge in [0.05, 0.1) is 12.1 Å². The first-order valence-electron chi connectivity index (χ1n) is 8.12. The average molecular weight is 345 g/mol. The summed E-state index contributed by atoms with van der Waals surface area (Å²) in [6.07, 6.45) is -0.754. The van der Waals surface area contributed by atoms with Crippen LogP contribution >= 0.6 is 0 Å². The van der Waals surface area contributed by atoms with E-state index < -0.39 is 26.1 Å². The summed E-state index contributed by atoms with van der Waals surface area (Å²) < 4.78 is 11.5. The summed E-state index contributed by atoms with van der Waals surface area (Å²) in [7, 11) is -1.94. The average Bonchev–Trinajstić information content (AvgIpc) is 2.28. The van der Waals surface area contributed by atoms with E-state index in [2.05, 4.69) is 44.5 Å². The second-order valence-corrected chi connectivity index (χ2v) is 13.5. The van der Waals surface area contributed by atoms with E-state index in [4.69, 9.17) is 9.16 Å². The maximum atomic E-state index is 11.9. The molecule has 0 radical (unpaired) electrons. The molecule has 0 aromatic carbocycles. The van der Waals surface area contributed by atoms with Crippen molar-refractivity contribution < 1.29 is 18.8 Å². The molecule has 3 atom stereocenters. The Labute approximate surface area is 140 Å². The number of rotatable bonds is 4. The first kappa shape index (κ1) is 20.0. The Balaban J connectivity index is 2.67. The van der Waals surface area contributed by atoms with E-state index in [1.165, 1.54) is 0 Å². The lowest BCUT2D eigenvalue weighted by Crippen LogP contribution is -2.73. The van der Waals surface area contributed by atoms with Crippen LogP contribution in [0, 0.1) is 0 Å². The van der Waals surface area contributed by atoms with Crippen molar-refractivity contribution in [3.8, 4) is 0 Å². The summed E-state index contributed by atoms with van der Waals surface area (Å²) in [6.45, 7) is 18.1. The number of nitrogens with one attached hydrogen (secondary N) is 2. The third-order valence-electron chi connectivity index (χ3n) is 4.42. The minimum Gasteiger partial charge on any atom is -0.444 e. The van der Waals surface area contributed by atoms with Crippen LogP contribution in [0.15, 0.2) is 0 Å². The fraction of sp³-hybridized carbons (Fsp3) is 0.875. The van der Waals surface area contributed by atoms with Gasteiger partial charge in [-0.1, -0.05) is 20.8 Å². The summed E-state index contributed by atoms with van der Waals surface area (Å²) in [5.41, 5.74) is -0.594. The van der Waals surface area contributed by atoms with Crippen molar-refractivity contribution in [2.45, 2.75) is 90.4 Å². The van der Waals surface area contributed by atoms with Gasteiger partial charge in [0.1, 0.15) is 11.6 Å². The Morgan fingerprint density at radius 3 is 2.13 bits per heavy atom. The van der Waals surface area contributed by atoms with Gasteiger partial charge in [0, 0.05) is 0 Å². The molecule has 0 aliphatic carbocycles. The predicted octanol–water partition coefficient (Wildman–Crippen LogP) is 2.79. The molecule has 0 bridgehead atoms. The molecule has 0 aromatic heterocycles. The molecular formula is C16H32N2O4Si. The Kier molecular flexibility index (Phi) is 5.58. The number of alkyl carbamates (subject to hydrolysis) is 1. The molecule has 2 amide bonds. The molecule has 134 valence electrons. The van der Waals surface area contributed by atoms with E-state index in [9.17, 15) is 9.59 Å². The molecule has 1 fully saturated rings. The highest BCUT2D eigenvalue weighted by atomic mass is 28.4. The normalized spacial score (nSPS) is 23.6. The molecule has 0 spiro atoms. The van der Waals surface area contributed by atoms with Crippen LogP contribution in [0.25, 0.3) is 0 Å². The largest absolute Gasteiger partial charge is 0.444 e. The highest BCUT2D eigenvalue weighted by molar-refractivity contribution is 6.74. The van der Waals surface area contributed by atoms with Crippen LogP contribution < -0.4 is 10.6 Å². The van der Waals surface area contributed by atoms with E-state index in [-0.39, 0.29) is 23.1 Å². The molecular weight excluding hydrogens is 312 g/mol. The number of hydrogen-bond donors (Lipinski definition) is 2. The quantitative estimate of drug-likeness (QED) is 0.607. The van der Waals surface area contributed by atoms with Crippen LogP contribution in [0.5, 0.6) is 0 Å². The highest BCUT2D eigenvalue weighted by Gasteiger charge is 2.47. The van der Waals surface area contributed by atoms with Gasteiger partial charge in [-0.15, -0.1) is 0 Å². The lowest BCUT2D eigenvalue weighted by atomic mass is 9.94. The Bertz CT molecular complexity index is 466. The summed E-state index contributed by atoms with van der Waals surface area (Å²) >= 11 is 0. The lowest BCUT2D eigenvalue weighted by Gasteiger charge is -2.45. The van der Waals surface area contributed by atoms with Crippen molar-refractivity contribution >= 4 is 20.3 Å². The zero-order valence-electron chi connectivity index (χ0n) is 15.9. The second-order valence-electron chi connectivity index (χ2n) is 8.74. The Morgan fingerprint density at radius 1 is 1.22 bits per heavy atom. The van der Waals surface area contributed by atoms with Crippen molar-refractivity contribution in [3.63, 3.8) is 0 Å². The summed E-state index contributed by atoms with van der Waals surface area (Å²) in [6, 6.07) is -0.839. The predicted molar refractivity (Wildman–Crippen MR) is 92.8 cm³/mol. The van der Waals surface area contributed by atoms with Crippen LogP contribution in [0.4, 0.5) is 4.79 Å². The van der Waals surface area contributed by atoms with Gasteiger partial charge in [-0.05, 0) is 45.8 Å². The maximum absolute atomic E-state index is 11.9. The molecule has 1 heterocycles. The van der Waals surface area contributed by atoms with Crippen molar-refractivity contribution in [1.29, 1.82) is 0 Å². The zero-order chi connectivity index (χ0) is 18.2. The lowest BCUT2D eigenvalue weighted by molar-refractivity contribution is -0.134. The molecule has 23 heavy (non-hydrogen) atoms. The van der Waals surface area contributed by atoms with Gasteiger partial charge in [0.2, 0.25) is 5.91 Å². The van der Waals surface area contributed by atoms with Gasteiger partial charge in [-0.2, -0.15) is 0 Å². The summed E-state index contributed by atoms with van der Waals surface area (Å²) in [5, 5.41) is 5.55. The molecule has 1 aliphatic rings. The number of hydrogen-bond acceptors (Lipinski definition) is 4. The molecule has 1 rings (SSSR count). The monoisotopic (exact) mass is 344 g/mol. The van der Waals surface area contributed by atoms with Crippen molar-refractivity contribution in [2.24, 2.45) is 0 Å². The van der Waals surface area contributed by atoms with Crippen LogP contribution in [0.1, 0.15) is 48.5 Å². The van der Waals surface area contributed by atoms with Gasteiger partial charge >= 0.3 is 6.09 Å². The fourth-order valence-corrected chi connectivity index (χ4v) is 3.53. The van der Waals surface area contributed by atoms with Crippen molar-refractivity contribution in [2.75, 3.05) is 0 Å². The Hall–Kier alpha value is -1.08. The summed E-state index contributed by atoms with van der Waals surface area (Å²) in [5.74, 6) is -0.202. The number of carbonyl (C=O) groups is 2. The van der Waals surface area contributed by atoms with Gasteiger partial charge in [-0.3, -0.25) is 4.79 Å². The van der Waals surface area contributed by atoms with E-state index in [1.807, 2.05) is 6.92 Å². The van der Waals surface area contributed by atoms with Gasteiger partial charge < -0.3 is 19.8 Å². The summed E-state index contributed by atoms with van der Waals surface area (Å²) in [4.78, 5) is 23.7. The Morgan fingerprint density at radius 2 is 1.74 bits per heavy atom. The van der Waals surface area contributed by atoms with E-state index >= 15 is 0 Å². The highest BCUT2D eigenvalue weighted by Crippen LogP contribution is 2.38. The van der Waals surface area contributed by atoms with Gasteiger partial charge in [-0.25, -0.2) is 4.79 Å². The maximum Gasteiger partial charge on any atom is 0.408 e. The topological polar surface area (TPSA) is 76.7 Å². The molecule has 1 saturated heterocycles. The number of amides is 2. The first-order chi connectivity index (χ1) is 10.1. The van der Waals surface area contributed by atoms with Gasteiger partial charge in [0.15, 0.2) is 8.32 Å². The van der Waals surface area contributed by atoms with Crippen molar-refractivity contribution in [3.05, 3.63) is 0 Å². The SMILES string of the molecule is C[C@@H](O[Si](C)(C)C(C)(C)C)[C@@H]1NC(=O)[C@@H]1NC(=O)OC(C)(C)C. The minimum absolute atomic E-state index is 0.0864. The smallest absolute Gasteiger partial charge is 0.408 e. The molecule has 0 saturated carbocycles. The molecule has 6 nitrogen and oxygen atoms in total. The first-order valence-corrected chi connectivity index (χ1v) is 11.0. The number of carbonyl (C=O) groups excluding carboxylic acids is 2. The van der Waals surface area contributed by atoms with E-state index in [0.29, 0.717) is 0 Å². The number of ether oxygens (including phenoxy) is 1. The van der Waals surface area contributed by atoms with Crippen LogP contribution in [-0.4, -0.2) is 44.1 Å². The zero-order valence-corrected chi connectivity index (χ0v) is 16.9. The molecule has 0 aromatic rings. The van der Waals surface area contributed by atoms with Crippen LogP contribution in [-0.2, 0) is 14.0 Å². The third-order valence-corrected chi connectivity index (χ3v) is 8.99. The second kappa shape index (κ2) is 6.43. The minimum atomic E-state index is -1.94. The molecule has 1 aliphatic heterocycles. The molecule has 7 heteroatoms. The fourth-order valence-electron chi connectivity index (χ4n) is 2.10. The molecule has 0 unspecified atom stereocenters. The van der Waals surface area contributed by atoms with E-state index in [0.717, 1.165) is 0 Å². The van der Waals surface area contributed by atoms with E-state index in [1.54, 1.807) is 20.8 Å². The van der Waals surface area contributed by atoms with Crippen LogP contribution in [0.3, 0.4) is 0 Å². The van der Waals surface area contributed by atoms with Crippen molar-refractivity contribution in [1.82, 2.24) is 10.6 Å². The van der Waals surface area contributed by atoms with Gasteiger partial charge in [0.25, 0.3) is 0 Å². The number of β-lactam (4-membered cyclic amide) rings is 1. The third kappa shape index (κ3) is 5.21. The van der Waals surface area contributed by atoms with Crippen LogP contribution in [0.2, 0.25) is 18.1 Å². The standard InChI is InChI=1S/C16H32N2O4Si/c1-10(22-23(8,9)16(5,6)7)11-12(13(19)17-11)18-14(20)21-15(2,3)4/h10-12H,1-9H3,(H,17,19)(H,18,20)/t10-,11+,12-/m1/s1.